The Morgan fingerprint density at radius 3 is 2.20 bits per heavy atom. The van der Waals surface area contributed by atoms with Crippen LogP contribution in [0.4, 0.5) is 0 Å². The molecule has 0 aliphatic rings. The van der Waals surface area contributed by atoms with Crippen molar-refractivity contribution in [1.29, 1.82) is 0 Å². The van der Waals surface area contributed by atoms with Gasteiger partial charge < -0.3 is 15.1 Å². The first-order chi connectivity index (χ1) is 4.59. The summed E-state index contributed by atoms with van der Waals surface area (Å²) in [6, 6.07) is 0. The molecular weight excluding hydrogens is 146 g/mol. The second-order valence-corrected chi connectivity index (χ2v) is 2.75. The van der Waals surface area contributed by atoms with Crippen LogP contribution in [0.25, 0.3) is 0 Å². The largest absolute Gasteiger partial charge is 0.355 e. The van der Waals surface area contributed by atoms with Crippen molar-refractivity contribution in [3.63, 3.8) is 0 Å². The van der Waals surface area contributed by atoms with Crippen LogP contribution in [-0.2, 0) is 0 Å². The molecule has 0 radical (unpaired) electrons. The Hall–Kier alpha value is -0.350. The fraction of sp³-hybridized carbons (Fsp3) is 0.833. The average molecular weight is 161 g/mol. The van der Waals surface area contributed by atoms with Crippen molar-refractivity contribution in [2.24, 2.45) is 0 Å². The summed E-state index contributed by atoms with van der Waals surface area (Å²) in [4.78, 5) is 3.88. The maximum absolute atomic E-state index is 5.08. The van der Waals surface area contributed by atoms with E-state index in [1.807, 2.05) is 38.0 Å². The van der Waals surface area contributed by atoms with Crippen LogP contribution in [0.5, 0.6) is 0 Å². The third-order valence-corrected chi connectivity index (χ3v) is 1.78. The number of rotatable bonds is 2. The molecule has 0 saturated carbocycles. The molecule has 0 atom stereocenters. The van der Waals surface area contributed by atoms with E-state index >= 15 is 0 Å². The van der Waals surface area contributed by atoms with E-state index in [2.05, 4.69) is 5.32 Å². The molecular formula is C6H15N3S. The minimum absolute atomic E-state index is 0.789. The molecule has 0 aromatic carbocycles. The van der Waals surface area contributed by atoms with Gasteiger partial charge in [0.25, 0.3) is 0 Å². The highest BCUT2D eigenvalue weighted by Crippen LogP contribution is 1.88. The van der Waals surface area contributed by atoms with E-state index in [1.165, 1.54) is 0 Å². The van der Waals surface area contributed by atoms with Crippen molar-refractivity contribution in [1.82, 2.24) is 15.1 Å². The van der Waals surface area contributed by atoms with Crippen molar-refractivity contribution < 1.29 is 0 Å². The first-order valence-electron chi connectivity index (χ1n) is 3.16. The van der Waals surface area contributed by atoms with Gasteiger partial charge in [-0.3, -0.25) is 0 Å². The molecule has 0 aromatic heterocycles. The highest BCUT2D eigenvalue weighted by atomic mass is 32.1. The lowest BCUT2D eigenvalue weighted by Crippen LogP contribution is -2.40. The Balaban J connectivity index is 3.71. The van der Waals surface area contributed by atoms with Crippen molar-refractivity contribution in [3.8, 4) is 0 Å². The van der Waals surface area contributed by atoms with E-state index in [0.29, 0.717) is 0 Å². The summed E-state index contributed by atoms with van der Waals surface area (Å²) >= 11 is 5.08. The average Bonchev–Trinajstić information content (AvgIpc) is 1.87. The summed E-state index contributed by atoms with van der Waals surface area (Å²) < 4.78 is 0. The topological polar surface area (TPSA) is 18.5 Å². The number of nitrogens with zero attached hydrogens (tertiary/aromatic N) is 2. The molecule has 3 nitrogen and oxygen atoms in total. The van der Waals surface area contributed by atoms with Gasteiger partial charge in [-0.25, -0.2) is 0 Å². The fourth-order valence-electron chi connectivity index (χ4n) is 0.646. The van der Waals surface area contributed by atoms with Gasteiger partial charge in [0.05, 0.1) is 6.67 Å². The molecule has 0 unspecified atom stereocenters. The third kappa shape index (κ3) is 2.98. The highest BCUT2D eigenvalue weighted by molar-refractivity contribution is 7.80. The quantitative estimate of drug-likeness (QED) is 0.451. The second kappa shape index (κ2) is 4.46. The first-order valence-corrected chi connectivity index (χ1v) is 3.57. The first kappa shape index (κ1) is 9.65. The van der Waals surface area contributed by atoms with E-state index < -0.39 is 0 Å². The highest BCUT2D eigenvalue weighted by Gasteiger charge is 2.02. The lowest BCUT2D eigenvalue weighted by Gasteiger charge is -2.24. The summed E-state index contributed by atoms with van der Waals surface area (Å²) in [6.07, 6.45) is 0. The van der Waals surface area contributed by atoms with Crippen LogP contribution in [0, 0.1) is 0 Å². The predicted octanol–water partition coefficient (Wildman–Crippen LogP) is -0.0584. The van der Waals surface area contributed by atoms with Gasteiger partial charge in [-0.15, -0.1) is 0 Å². The zero-order valence-corrected chi connectivity index (χ0v) is 7.83. The van der Waals surface area contributed by atoms with Crippen molar-refractivity contribution in [2.75, 3.05) is 34.9 Å². The molecule has 0 bridgehead atoms. The monoisotopic (exact) mass is 161 g/mol. The van der Waals surface area contributed by atoms with Gasteiger partial charge in [-0.05, 0) is 19.3 Å². The molecule has 0 fully saturated rings. The van der Waals surface area contributed by atoms with Crippen LogP contribution in [0.1, 0.15) is 0 Å². The molecule has 0 amide bonds. The minimum atomic E-state index is 0.789. The van der Waals surface area contributed by atoms with Gasteiger partial charge in [-0.1, -0.05) is 0 Å². The third-order valence-electron chi connectivity index (χ3n) is 1.10. The molecule has 0 rings (SSSR count). The van der Waals surface area contributed by atoms with Crippen molar-refractivity contribution in [3.05, 3.63) is 0 Å². The molecule has 4 heteroatoms. The molecule has 0 aliphatic carbocycles. The summed E-state index contributed by atoms with van der Waals surface area (Å²) in [5.74, 6) is 0. The molecule has 0 heterocycles. The Labute approximate surface area is 68.0 Å². The van der Waals surface area contributed by atoms with Gasteiger partial charge in [0.15, 0.2) is 5.11 Å². The van der Waals surface area contributed by atoms with Crippen LogP contribution < -0.4 is 5.32 Å². The van der Waals surface area contributed by atoms with Gasteiger partial charge in [0, 0.05) is 21.1 Å². The molecule has 60 valence electrons. The lowest BCUT2D eigenvalue weighted by atomic mass is 10.7. The number of hydrogen-bond donors (Lipinski definition) is 1. The fourth-order valence-corrected chi connectivity index (χ4v) is 0.711. The van der Waals surface area contributed by atoms with Crippen molar-refractivity contribution >= 4 is 17.3 Å². The van der Waals surface area contributed by atoms with Gasteiger partial charge in [0.1, 0.15) is 0 Å². The van der Waals surface area contributed by atoms with E-state index in [9.17, 15) is 0 Å². The zero-order valence-electron chi connectivity index (χ0n) is 7.01. The Kier molecular flexibility index (Phi) is 4.31. The summed E-state index contributed by atoms with van der Waals surface area (Å²) in [7, 11) is 7.73. The van der Waals surface area contributed by atoms with Gasteiger partial charge in [-0.2, -0.15) is 0 Å². The van der Waals surface area contributed by atoms with Crippen LogP contribution in [0.15, 0.2) is 0 Å². The standard InChI is InChI=1S/C6H15N3S/c1-7-5-9(4)6(10)8(2)3/h7H,5H2,1-4H3. The number of hydrogen-bond acceptors (Lipinski definition) is 2. The SMILES string of the molecule is CNCN(C)C(=S)N(C)C. The van der Waals surface area contributed by atoms with Crippen LogP contribution in [-0.4, -0.2) is 49.8 Å². The molecule has 1 N–H and O–H groups in total. The number of thiocarbonyl (C=S) groups is 1. The Morgan fingerprint density at radius 1 is 1.40 bits per heavy atom. The van der Waals surface area contributed by atoms with E-state index in [4.69, 9.17) is 12.2 Å². The molecule has 0 aliphatic heterocycles. The zero-order chi connectivity index (χ0) is 8.15. The molecule has 0 spiro atoms. The lowest BCUT2D eigenvalue weighted by molar-refractivity contribution is 0.417. The molecule has 10 heavy (non-hydrogen) atoms. The van der Waals surface area contributed by atoms with E-state index in [0.717, 1.165) is 11.8 Å². The van der Waals surface area contributed by atoms with Crippen LogP contribution in [0.3, 0.4) is 0 Å². The van der Waals surface area contributed by atoms with Crippen molar-refractivity contribution in [2.45, 2.75) is 0 Å². The predicted molar refractivity (Wildman–Crippen MR) is 48.0 cm³/mol. The van der Waals surface area contributed by atoms with Crippen LogP contribution in [0.2, 0.25) is 0 Å². The Morgan fingerprint density at radius 2 is 1.90 bits per heavy atom. The summed E-state index contributed by atoms with van der Waals surface area (Å²) in [6.45, 7) is 0.789. The molecule has 0 aromatic rings. The number of nitrogens with one attached hydrogen (secondary N) is 1. The van der Waals surface area contributed by atoms with Crippen LogP contribution >= 0.6 is 12.2 Å². The Bertz CT molecular complexity index is 114. The smallest absolute Gasteiger partial charge is 0.171 e. The normalized spacial score (nSPS) is 9.20. The summed E-state index contributed by atoms with van der Waals surface area (Å²) in [5.41, 5.74) is 0. The summed E-state index contributed by atoms with van der Waals surface area (Å²) in [5, 5.41) is 3.86. The maximum Gasteiger partial charge on any atom is 0.171 e. The maximum atomic E-state index is 5.08. The van der Waals surface area contributed by atoms with E-state index in [-0.39, 0.29) is 0 Å². The van der Waals surface area contributed by atoms with Gasteiger partial charge >= 0.3 is 0 Å². The molecule has 0 saturated heterocycles. The minimum Gasteiger partial charge on any atom is -0.355 e. The van der Waals surface area contributed by atoms with Gasteiger partial charge in [0.2, 0.25) is 0 Å². The van der Waals surface area contributed by atoms with E-state index in [1.54, 1.807) is 0 Å². The second-order valence-electron chi connectivity index (χ2n) is 2.39.